The van der Waals surface area contributed by atoms with Crippen molar-refractivity contribution in [1.29, 1.82) is 0 Å². The third-order valence-electron chi connectivity index (χ3n) is 3.14. The highest BCUT2D eigenvalue weighted by Crippen LogP contribution is 2.29. The van der Waals surface area contributed by atoms with E-state index in [0.717, 1.165) is 18.2 Å². The standard InChI is InChI=1S/C15H12F3N3O4/c1-25-12-6-8(21(23)24)2-4-10(12)20-13(22)7-19-11-5-3-9(16)14(17)15(11)18/h2-6,19H,7H2,1H3,(H,20,22). The smallest absolute Gasteiger partial charge is 0.273 e. The number of hydrogen-bond donors (Lipinski definition) is 2. The first-order valence-electron chi connectivity index (χ1n) is 6.83. The Kier molecular flexibility index (Phi) is 5.42. The second-order valence-corrected chi connectivity index (χ2v) is 4.77. The molecule has 25 heavy (non-hydrogen) atoms. The lowest BCUT2D eigenvalue weighted by atomic mass is 10.2. The Hall–Kier alpha value is -3.30. The third-order valence-corrected chi connectivity index (χ3v) is 3.14. The van der Waals surface area contributed by atoms with Crippen LogP contribution in [0.3, 0.4) is 0 Å². The Balaban J connectivity index is 2.06. The Labute approximate surface area is 139 Å². The van der Waals surface area contributed by atoms with Gasteiger partial charge in [0.1, 0.15) is 5.75 Å². The molecule has 2 aromatic carbocycles. The summed E-state index contributed by atoms with van der Waals surface area (Å²) in [6, 6.07) is 5.23. The number of rotatable bonds is 6. The van der Waals surface area contributed by atoms with Crippen molar-refractivity contribution >= 4 is 23.0 Å². The second kappa shape index (κ2) is 7.51. The number of nitrogens with zero attached hydrogens (tertiary/aromatic N) is 1. The molecule has 0 radical (unpaired) electrons. The van der Waals surface area contributed by atoms with Crippen molar-refractivity contribution in [2.24, 2.45) is 0 Å². The van der Waals surface area contributed by atoms with Crippen molar-refractivity contribution < 1.29 is 27.6 Å². The van der Waals surface area contributed by atoms with Crippen LogP contribution in [0.4, 0.5) is 30.2 Å². The predicted molar refractivity (Wildman–Crippen MR) is 83.1 cm³/mol. The average molecular weight is 355 g/mol. The van der Waals surface area contributed by atoms with Gasteiger partial charge in [-0.15, -0.1) is 0 Å². The van der Waals surface area contributed by atoms with Crippen LogP contribution in [0.5, 0.6) is 5.75 Å². The molecular weight excluding hydrogens is 343 g/mol. The molecule has 0 fully saturated rings. The Morgan fingerprint density at radius 2 is 1.84 bits per heavy atom. The summed E-state index contributed by atoms with van der Waals surface area (Å²) in [7, 11) is 1.27. The quantitative estimate of drug-likeness (QED) is 0.472. The average Bonchev–Trinajstić information content (AvgIpc) is 2.59. The van der Waals surface area contributed by atoms with E-state index in [-0.39, 0.29) is 22.8 Å². The minimum Gasteiger partial charge on any atom is -0.494 e. The number of hydrogen-bond acceptors (Lipinski definition) is 5. The van der Waals surface area contributed by atoms with E-state index in [4.69, 9.17) is 4.74 Å². The molecule has 0 aliphatic rings. The number of nitro groups is 1. The number of carbonyl (C=O) groups is 1. The highest BCUT2D eigenvalue weighted by molar-refractivity contribution is 5.95. The Bertz CT molecular complexity index is 830. The lowest BCUT2D eigenvalue weighted by molar-refractivity contribution is -0.384. The molecule has 2 aromatic rings. The maximum atomic E-state index is 13.5. The number of non-ortho nitro benzene ring substituents is 1. The largest absolute Gasteiger partial charge is 0.494 e. The van der Waals surface area contributed by atoms with Crippen LogP contribution < -0.4 is 15.4 Å². The van der Waals surface area contributed by atoms with Crippen LogP contribution >= 0.6 is 0 Å². The zero-order chi connectivity index (χ0) is 18.6. The van der Waals surface area contributed by atoms with E-state index >= 15 is 0 Å². The molecule has 0 aromatic heterocycles. The van der Waals surface area contributed by atoms with Gasteiger partial charge in [-0.2, -0.15) is 0 Å². The molecule has 0 saturated carbocycles. The molecule has 0 spiro atoms. The van der Waals surface area contributed by atoms with Crippen molar-refractivity contribution in [3.63, 3.8) is 0 Å². The van der Waals surface area contributed by atoms with E-state index in [9.17, 15) is 28.1 Å². The molecule has 2 rings (SSSR count). The monoisotopic (exact) mass is 355 g/mol. The Morgan fingerprint density at radius 3 is 2.48 bits per heavy atom. The van der Waals surface area contributed by atoms with Gasteiger partial charge < -0.3 is 15.4 Å². The molecule has 132 valence electrons. The number of nitro benzene ring substituents is 1. The number of methoxy groups -OCH3 is 1. The van der Waals surface area contributed by atoms with Gasteiger partial charge in [0.05, 0.1) is 36.0 Å². The van der Waals surface area contributed by atoms with Crippen LogP contribution in [-0.4, -0.2) is 24.5 Å². The summed E-state index contributed by atoms with van der Waals surface area (Å²) in [6.07, 6.45) is 0. The van der Waals surface area contributed by atoms with Crippen molar-refractivity contribution in [1.82, 2.24) is 0 Å². The number of ether oxygens (including phenoxy) is 1. The molecule has 1 amide bonds. The highest BCUT2D eigenvalue weighted by Gasteiger charge is 2.16. The summed E-state index contributed by atoms with van der Waals surface area (Å²) < 4.78 is 44.4. The minimum atomic E-state index is -1.65. The van der Waals surface area contributed by atoms with Gasteiger partial charge in [-0.3, -0.25) is 14.9 Å². The number of amides is 1. The second-order valence-electron chi connectivity index (χ2n) is 4.77. The first-order valence-corrected chi connectivity index (χ1v) is 6.83. The number of anilines is 2. The fourth-order valence-corrected chi connectivity index (χ4v) is 1.93. The van der Waals surface area contributed by atoms with E-state index in [1.165, 1.54) is 19.2 Å². The Morgan fingerprint density at radius 1 is 1.16 bits per heavy atom. The lowest BCUT2D eigenvalue weighted by Crippen LogP contribution is -2.22. The molecule has 0 heterocycles. The van der Waals surface area contributed by atoms with Crippen LogP contribution in [-0.2, 0) is 4.79 Å². The van der Waals surface area contributed by atoms with E-state index in [0.29, 0.717) is 0 Å². The first-order chi connectivity index (χ1) is 11.8. The van der Waals surface area contributed by atoms with Gasteiger partial charge in [-0.05, 0) is 18.2 Å². The number of halogens is 3. The van der Waals surface area contributed by atoms with Gasteiger partial charge in [-0.1, -0.05) is 0 Å². The van der Waals surface area contributed by atoms with Gasteiger partial charge >= 0.3 is 0 Å². The topological polar surface area (TPSA) is 93.5 Å². The SMILES string of the molecule is COc1cc([N+](=O)[O-])ccc1NC(=O)CNc1ccc(F)c(F)c1F. The fourth-order valence-electron chi connectivity index (χ4n) is 1.93. The number of carbonyl (C=O) groups excluding carboxylic acids is 1. The van der Waals surface area contributed by atoms with Gasteiger partial charge in [0.25, 0.3) is 5.69 Å². The zero-order valence-corrected chi connectivity index (χ0v) is 12.8. The predicted octanol–water partition coefficient (Wildman–Crippen LogP) is 3.07. The van der Waals surface area contributed by atoms with Crippen LogP contribution in [0.15, 0.2) is 30.3 Å². The maximum Gasteiger partial charge on any atom is 0.273 e. The molecule has 0 saturated heterocycles. The molecule has 0 unspecified atom stereocenters. The highest BCUT2D eigenvalue weighted by atomic mass is 19.2. The molecule has 0 aliphatic heterocycles. The third kappa shape index (κ3) is 4.16. The van der Waals surface area contributed by atoms with E-state index in [1.807, 2.05) is 0 Å². The zero-order valence-electron chi connectivity index (χ0n) is 12.8. The van der Waals surface area contributed by atoms with Crippen molar-refractivity contribution in [2.75, 3.05) is 24.3 Å². The molecule has 10 heteroatoms. The summed E-state index contributed by atoms with van der Waals surface area (Å²) in [5.41, 5.74) is -0.452. The van der Waals surface area contributed by atoms with Crippen LogP contribution in [0, 0.1) is 27.6 Å². The minimum absolute atomic E-state index is 0.0570. The summed E-state index contributed by atoms with van der Waals surface area (Å²) in [5, 5.41) is 15.4. The van der Waals surface area contributed by atoms with Crippen molar-refractivity contribution in [2.45, 2.75) is 0 Å². The lowest BCUT2D eigenvalue weighted by Gasteiger charge is -2.11. The van der Waals surface area contributed by atoms with Gasteiger partial charge in [0.2, 0.25) is 5.91 Å². The van der Waals surface area contributed by atoms with Crippen molar-refractivity contribution in [3.8, 4) is 5.75 Å². The summed E-state index contributed by atoms with van der Waals surface area (Å²) >= 11 is 0. The summed E-state index contributed by atoms with van der Waals surface area (Å²) in [4.78, 5) is 22.0. The van der Waals surface area contributed by atoms with Crippen LogP contribution in [0.25, 0.3) is 0 Å². The van der Waals surface area contributed by atoms with Gasteiger partial charge in [-0.25, -0.2) is 13.2 Å². The maximum absolute atomic E-state index is 13.5. The van der Waals surface area contributed by atoms with E-state index in [2.05, 4.69) is 10.6 Å². The van der Waals surface area contributed by atoms with Crippen molar-refractivity contribution in [3.05, 3.63) is 57.9 Å². The van der Waals surface area contributed by atoms with Gasteiger partial charge in [0.15, 0.2) is 17.5 Å². The number of benzene rings is 2. The molecule has 0 atom stereocenters. The van der Waals surface area contributed by atoms with Crippen LogP contribution in [0.1, 0.15) is 0 Å². The number of nitrogens with one attached hydrogen (secondary N) is 2. The molecule has 7 nitrogen and oxygen atoms in total. The van der Waals surface area contributed by atoms with E-state index < -0.39 is 34.8 Å². The van der Waals surface area contributed by atoms with Gasteiger partial charge in [0, 0.05) is 6.07 Å². The molecule has 0 bridgehead atoms. The molecule has 2 N–H and O–H groups in total. The summed E-state index contributed by atoms with van der Waals surface area (Å²) in [5.74, 6) is -5.04. The van der Waals surface area contributed by atoms with E-state index in [1.54, 1.807) is 0 Å². The van der Waals surface area contributed by atoms with Crippen LogP contribution in [0.2, 0.25) is 0 Å². The summed E-state index contributed by atoms with van der Waals surface area (Å²) in [6.45, 7) is -0.456. The molecule has 0 aliphatic carbocycles. The normalized spacial score (nSPS) is 10.2. The molecular formula is C15H12F3N3O4. The first kappa shape index (κ1) is 18.0. The fraction of sp³-hybridized carbons (Fsp3) is 0.133.